The van der Waals surface area contributed by atoms with E-state index in [1.54, 1.807) is 0 Å². The summed E-state index contributed by atoms with van der Waals surface area (Å²) >= 11 is 0. The number of nitrogens with one attached hydrogen (secondary N) is 2. The summed E-state index contributed by atoms with van der Waals surface area (Å²) in [6, 6.07) is 11.1. The monoisotopic (exact) mass is 243 g/mol. The molecule has 0 saturated carbocycles. The summed E-state index contributed by atoms with van der Waals surface area (Å²) in [5.74, 6) is 0. The van der Waals surface area contributed by atoms with Gasteiger partial charge in [0.1, 0.15) is 0 Å². The van der Waals surface area contributed by atoms with Crippen LogP contribution < -0.4 is 10.6 Å². The molecule has 0 radical (unpaired) electrons. The Hall–Kier alpha value is -1.37. The van der Waals surface area contributed by atoms with Crippen molar-refractivity contribution in [3.8, 4) is 6.07 Å². The Morgan fingerprint density at radius 3 is 2.78 bits per heavy atom. The number of hydrogen-bond acceptors (Lipinski definition) is 3. The Kier molecular flexibility index (Phi) is 4.74. The smallest absolute Gasteiger partial charge is 0.0995 e. The van der Waals surface area contributed by atoms with Crippen molar-refractivity contribution in [3.63, 3.8) is 0 Å². The molecule has 1 aliphatic heterocycles. The molecule has 1 atom stereocenters. The zero-order valence-corrected chi connectivity index (χ0v) is 10.9. The highest BCUT2D eigenvalue weighted by atomic mass is 15.0. The van der Waals surface area contributed by atoms with E-state index in [1.165, 1.54) is 12.8 Å². The molecule has 1 aliphatic rings. The van der Waals surface area contributed by atoms with E-state index in [2.05, 4.69) is 29.7 Å². The highest BCUT2D eigenvalue weighted by Crippen LogP contribution is 2.22. The van der Waals surface area contributed by atoms with Crippen LogP contribution >= 0.6 is 0 Å². The molecule has 2 rings (SSSR count). The molecule has 1 aromatic rings. The second-order valence-corrected chi connectivity index (χ2v) is 4.85. The maximum atomic E-state index is 9.18. The predicted octanol–water partition coefficient (Wildman–Crippen LogP) is 2.35. The Balaban J connectivity index is 2.10. The van der Waals surface area contributed by atoms with Crippen molar-refractivity contribution in [2.45, 2.75) is 38.3 Å². The average molecular weight is 243 g/mol. The number of rotatable bonds is 4. The fourth-order valence-electron chi connectivity index (χ4n) is 2.60. The van der Waals surface area contributed by atoms with Gasteiger partial charge in [0, 0.05) is 12.1 Å². The third kappa shape index (κ3) is 3.10. The van der Waals surface area contributed by atoms with E-state index in [1.807, 2.05) is 18.2 Å². The molecule has 0 aliphatic carbocycles. The first-order valence-corrected chi connectivity index (χ1v) is 6.81. The van der Waals surface area contributed by atoms with Gasteiger partial charge in [-0.15, -0.1) is 0 Å². The number of hydrogen-bond donors (Lipinski definition) is 2. The van der Waals surface area contributed by atoms with Gasteiger partial charge in [0.2, 0.25) is 0 Å². The molecule has 18 heavy (non-hydrogen) atoms. The summed E-state index contributed by atoms with van der Waals surface area (Å²) in [7, 11) is 0. The topological polar surface area (TPSA) is 47.8 Å². The largest absolute Gasteiger partial charge is 0.317 e. The van der Waals surface area contributed by atoms with Gasteiger partial charge >= 0.3 is 0 Å². The normalized spacial score (nSPS) is 18.2. The predicted molar refractivity (Wildman–Crippen MR) is 73.2 cm³/mol. The van der Waals surface area contributed by atoms with Crippen molar-refractivity contribution in [3.05, 3.63) is 35.4 Å². The zero-order valence-electron chi connectivity index (χ0n) is 10.9. The number of nitrogens with zero attached hydrogens (tertiary/aromatic N) is 1. The lowest BCUT2D eigenvalue weighted by molar-refractivity contribution is 0.345. The minimum atomic E-state index is 0.295. The maximum Gasteiger partial charge on any atom is 0.0995 e. The minimum absolute atomic E-state index is 0.295. The van der Waals surface area contributed by atoms with E-state index in [0.29, 0.717) is 12.1 Å². The first-order valence-electron chi connectivity index (χ1n) is 6.81. The van der Waals surface area contributed by atoms with Crippen LogP contribution in [0.3, 0.4) is 0 Å². The lowest BCUT2D eigenvalue weighted by atomic mass is 9.96. The van der Waals surface area contributed by atoms with Crippen LogP contribution in [-0.4, -0.2) is 19.1 Å². The number of nitriles is 1. The Bertz CT molecular complexity index is 416. The van der Waals surface area contributed by atoms with E-state index in [9.17, 15) is 5.26 Å². The molecule has 3 heteroatoms. The highest BCUT2D eigenvalue weighted by Gasteiger charge is 2.19. The second kappa shape index (κ2) is 6.53. The first kappa shape index (κ1) is 13.1. The van der Waals surface area contributed by atoms with Crippen molar-refractivity contribution in [1.82, 2.24) is 10.6 Å². The van der Waals surface area contributed by atoms with Crippen LogP contribution in [0.2, 0.25) is 0 Å². The molecule has 1 saturated heterocycles. The molecule has 1 aromatic carbocycles. The molecule has 1 unspecified atom stereocenters. The van der Waals surface area contributed by atoms with Gasteiger partial charge in [-0.3, -0.25) is 0 Å². The SMILES string of the molecule is CCC(NC1CCNCC1)c1ccccc1C#N. The van der Waals surface area contributed by atoms with Crippen LogP contribution in [0.5, 0.6) is 0 Å². The molecule has 0 bridgehead atoms. The highest BCUT2D eigenvalue weighted by molar-refractivity contribution is 5.39. The van der Waals surface area contributed by atoms with Gasteiger partial charge in [-0.1, -0.05) is 25.1 Å². The summed E-state index contributed by atoms with van der Waals surface area (Å²) in [6.07, 6.45) is 3.36. The zero-order chi connectivity index (χ0) is 12.8. The van der Waals surface area contributed by atoms with E-state index >= 15 is 0 Å². The lowest BCUT2D eigenvalue weighted by Crippen LogP contribution is -2.41. The van der Waals surface area contributed by atoms with Crippen LogP contribution in [0.4, 0.5) is 0 Å². The van der Waals surface area contributed by atoms with Gasteiger partial charge < -0.3 is 10.6 Å². The van der Waals surface area contributed by atoms with Crippen molar-refractivity contribution in [2.24, 2.45) is 0 Å². The fraction of sp³-hybridized carbons (Fsp3) is 0.533. The molecule has 0 amide bonds. The average Bonchev–Trinajstić information content (AvgIpc) is 2.46. The van der Waals surface area contributed by atoms with Gasteiger partial charge in [-0.25, -0.2) is 0 Å². The van der Waals surface area contributed by atoms with Crippen molar-refractivity contribution >= 4 is 0 Å². The molecule has 3 nitrogen and oxygen atoms in total. The van der Waals surface area contributed by atoms with E-state index in [4.69, 9.17) is 0 Å². The summed E-state index contributed by atoms with van der Waals surface area (Å²) in [5.41, 5.74) is 1.94. The Morgan fingerprint density at radius 2 is 2.11 bits per heavy atom. The fourth-order valence-corrected chi connectivity index (χ4v) is 2.60. The van der Waals surface area contributed by atoms with Gasteiger partial charge in [0.25, 0.3) is 0 Å². The van der Waals surface area contributed by atoms with Crippen LogP contribution in [0.1, 0.15) is 43.4 Å². The molecule has 96 valence electrons. The van der Waals surface area contributed by atoms with Crippen LogP contribution in [0, 0.1) is 11.3 Å². The lowest BCUT2D eigenvalue weighted by Gasteiger charge is -2.29. The second-order valence-electron chi connectivity index (χ2n) is 4.85. The van der Waals surface area contributed by atoms with Crippen LogP contribution in [0.15, 0.2) is 24.3 Å². The van der Waals surface area contributed by atoms with Gasteiger partial charge in [0.15, 0.2) is 0 Å². The molecular formula is C15H21N3. The first-order chi connectivity index (χ1) is 8.85. The number of benzene rings is 1. The quantitative estimate of drug-likeness (QED) is 0.853. The van der Waals surface area contributed by atoms with Crippen LogP contribution in [-0.2, 0) is 0 Å². The summed E-state index contributed by atoms with van der Waals surface area (Å²) in [4.78, 5) is 0. The third-order valence-electron chi connectivity index (χ3n) is 3.64. The van der Waals surface area contributed by atoms with Gasteiger partial charge in [0.05, 0.1) is 11.6 Å². The van der Waals surface area contributed by atoms with Crippen molar-refractivity contribution < 1.29 is 0 Å². The van der Waals surface area contributed by atoms with Gasteiger partial charge in [-0.05, 0) is 44.0 Å². The van der Waals surface area contributed by atoms with E-state index in [-0.39, 0.29) is 0 Å². The molecule has 0 aromatic heterocycles. The standard InChI is InChI=1S/C15H21N3/c1-2-15(18-13-7-9-17-10-8-13)14-6-4-3-5-12(14)11-16/h3-6,13,15,17-18H,2,7-10H2,1H3. The molecule has 1 heterocycles. The molecule has 1 fully saturated rings. The Morgan fingerprint density at radius 1 is 1.39 bits per heavy atom. The van der Waals surface area contributed by atoms with E-state index < -0.39 is 0 Å². The molecule has 2 N–H and O–H groups in total. The third-order valence-corrected chi connectivity index (χ3v) is 3.64. The molecular weight excluding hydrogens is 222 g/mol. The maximum absolute atomic E-state index is 9.18. The minimum Gasteiger partial charge on any atom is -0.317 e. The summed E-state index contributed by atoms with van der Waals surface area (Å²) in [5, 5.41) is 16.3. The van der Waals surface area contributed by atoms with Crippen LogP contribution in [0.25, 0.3) is 0 Å². The van der Waals surface area contributed by atoms with E-state index in [0.717, 1.165) is 30.6 Å². The summed E-state index contributed by atoms with van der Waals surface area (Å²) < 4.78 is 0. The van der Waals surface area contributed by atoms with Crippen molar-refractivity contribution in [2.75, 3.05) is 13.1 Å². The van der Waals surface area contributed by atoms with Crippen molar-refractivity contribution in [1.29, 1.82) is 5.26 Å². The number of piperidine rings is 1. The molecule has 0 spiro atoms. The summed E-state index contributed by atoms with van der Waals surface area (Å²) in [6.45, 7) is 4.36. The Labute approximate surface area is 109 Å². The van der Waals surface area contributed by atoms with Gasteiger partial charge in [-0.2, -0.15) is 5.26 Å².